The van der Waals surface area contributed by atoms with Gasteiger partial charge in [0.25, 0.3) is 5.91 Å². The molecule has 0 saturated carbocycles. The van der Waals surface area contributed by atoms with Gasteiger partial charge in [0.2, 0.25) is 0 Å². The Labute approximate surface area is 145 Å². The molecular formula is C17H23N4O2S+. The van der Waals surface area contributed by atoms with E-state index in [-0.39, 0.29) is 5.91 Å². The number of amides is 1. The number of nitrogen functional groups attached to an aromatic ring is 1. The molecule has 0 aliphatic carbocycles. The van der Waals surface area contributed by atoms with Crippen LogP contribution in [0, 0.1) is 0 Å². The van der Waals surface area contributed by atoms with Crippen LogP contribution in [0.2, 0.25) is 0 Å². The number of aryl methyl sites for hydroxylation is 1. The van der Waals surface area contributed by atoms with Crippen molar-refractivity contribution >= 4 is 28.6 Å². The van der Waals surface area contributed by atoms with Crippen molar-refractivity contribution < 1.29 is 14.5 Å². The summed E-state index contributed by atoms with van der Waals surface area (Å²) in [6, 6.07) is 7.57. The number of ether oxygens (including phenoxy) is 1. The molecule has 0 atom stereocenters. The number of carbonyl (C=O) groups excluding carboxylic acids is 1. The molecule has 0 unspecified atom stereocenters. The second-order valence-electron chi connectivity index (χ2n) is 5.22. The van der Waals surface area contributed by atoms with Crippen molar-refractivity contribution in [1.82, 2.24) is 5.43 Å². The van der Waals surface area contributed by atoms with Gasteiger partial charge >= 0.3 is 5.13 Å². The SMILES string of the molecule is CCCCOc1ccc(C=NNC(=O)c2sc(N)[nH+]c2CC)cc1. The second kappa shape index (κ2) is 9.02. The summed E-state index contributed by atoms with van der Waals surface area (Å²) in [5, 5.41) is 4.51. The number of aromatic amines is 1. The van der Waals surface area contributed by atoms with Crippen LogP contribution in [0.25, 0.3) is 0 Å². The van der Waals surface area contributed by atoms with Crippen LogP contribution in [0.5, 0.6) is 5.75 Å². The lowest BCUT2D eigenvalue weighted by atomic mass is 10.2. The van der Waals surface area contributed by atoms with Crippen molar-refractivity contribution in [3.05, 3.63) is 40.4 Å². The average Bonchev–Trinajstić information content (AvgIpc) is 2.97. The molecule has 0 bridgehead atoms. The van der Waals surface area contributed by atoms with Gasteiger partial charge in [0.15, 0.2) is 0 Å². The fourth-order valence-corrected chi connectivity index (χ4v) is 2.89. The standard InChI is InChI=1S/C17H22N4O2S/c1-3-5-10-23-13-8-6-12(7-9-13)11-19-21-16(22)15-14(4-2)20-17(18)24-15/h6-9,11H,3-5,10H2,1-2H3,(H2,18,20)(H,21,22)/p+1. The summed E-state index contributed by atoms with van der Waals surface area (Å²) in [4.78, 5) is 15.7. The molecule has 1 heterocycles. The molecule has 1 aromatic heterocycles. The van der Waals surface area contributed by atoms with Crippen LogP contribution < -0.4 is 20.9 Å². The lowest BCUT2D eigenvalue weighted by Gasteiger charge is -2.04. The first-order chi connectivity index (χ1) is 11.6. The quantitative estimate of drug-likeness (QED) is 0.437. The number of hydrogen-bond acceptors (Lipinski definition) is 5. The number of thiazole rings is 1. The number of anilines is 1. The minimum absolute atomic E-state index is 0.263. The fourth-order valence-electron chi connectivity index (χ4n) is 2.04. The predicted octanol–water partition coefficient (Wildman–Crippen LogP) is 2.65. The largest absolute Gasteiger partial charge is 0.494 e. The minimum Gasteiger partial charge on any atom is -0.494 e. The highest BCUT2D eigenvalue weighted by atomic mass is 32.1. The number of hydrazone groups is 1. The number of nitrogens with one attached hydrogen (secondary N) is 2. The first kappa shape index (κ1) is 17.9. The third-order valence-corrected chi connectivity index (χ3v) is 4.30. The molecule has 0 spiro atoms. The van der Waals surface area contributed by atoms with Gasteiger partial charge in [-0.15, -0.1) is 0 Å². The van der Waals surface area contributed by atoms with Crippen molar-refractivity contribution in [2.45, 2.75) is 33.1 Å². The highest BCUT2D eigenvalue weighted by Crippen LogP contribution is 2.16. The molecule has 128 valence electrons. The van der Waals surface area contributed by atoms with Gasteiger partial charge in [-0.2, -0.15) is 5.10 Å². The number of unbranched alkanes of at least 4 members (excludes halogenated alkanes) is 1. The van der Waals surface area contributed by atoms with Crippen LogP contribution in [0.1, 0.15) is 47.6 Å². The Morgan fingerprint density at radius 3 is 2.79 bits per heavy atom. The molecule has 0 saturated heterocycles. The maximum atomic E-state index is 12.1. The predicted molar refractivity (Wildman–Crippen MR) is 96.6 cm³/mol. The van der Waals surface area contributed by atoms with Crippen LogP contribution in [0.3, 0.4) is 0 Å². The highest BCUT2D eigenvalue weighted by Gasteiger charge is 2.18. The van der Waals surface area contributed by atoms with E-state index in [0.717, 1.165) is 36.5 Å². The zero-order valence-electron chi connectivity index (χ0n) is 14.0. The number of nitrogens with zero attached hydrogens (tertiary/aromatic N) is 1. The number of carbonyl (C=O) groups is 1. The number of aromatic nitrogens is 1. The molecule has 0 aliphatic heterocycles. The Hall–Kier alpha value is -2.41. The van der Waals surface area contributed by atoms with Crippen molar-refractivity contribution in [2.75, 3.05) is 12.3 Å². The van der Waals surface area contributed by atoms with Gasteiger partial charge in [-0.05, 0) is 47.6 Å². The lowest BCUT2D eigenvalue weighted by Crippen LogP contribution is -2.20. The van der Waals surface area contributed by atoms with Gasteiger partial charge < -0.3 is 4.74 Å². The number of H-pyrrole nitrogens is 1. The number of rotatable bonds is 8. The van der Waals surface area contributed by atoms with Crippen LogP contribution in [0.15, 0.2) is 29.4 Å². The third-order valence-electron chi connectivity index (χ3n) is 3.35. The maximum Gasteiger partial charge on any atom is 0.330 e. The first-order valence-electron chi connectivity index (χ1n) is 8.00. The smallest absolute Gasteiger partial charge is 0.330 e. The Morgan fingerprint density at radius 1 is 1.38 bits per heavy atom. The van der Waals surface area contributed by atoms with Crippen molar-refractivity contribution in [2.24, 2.45) is 5.10 Å². The maximum absolute atomic E-state index is 12.1. The summed E-state index contributed by atoms with van der Waals surface area (Å²) in [5.74, 6) is 0.572. The van der Waals surface area contributed by atoms with Gasteiger partial charge in [0.1, 0.15) is 16.3 Å². The minimum atomic E-state index is -0.263. The Morgan fingerprint density at radius 2 is 2.12 bits per heavy atom. The number of nitrogens with two attached hydrogens (primary N) is 1. The summed E-state index contributed by atoms with van der Waals surface area (Å²) < 4.78 is 5.60. The average molecular weight is 347 g/mol. The summed E-state index contributed by atoms with van der Waals surface area (Å²) in [7, 11) is 0. The first-order valence-corrected chi connectivity index (χ1v) is 8.82. The summed E-state index contributed by atoms with van der Waals surface area (Å²) >= 11 is 1.22. The van der Waals surface area contributed by atoms with Crippen molar-refractivity contribution in [1.29, 1.82) is 0 Å². The van der Waals surface area contributed by atoms with Gasteiger partial charge in [0, 0.05) is 6.42 Å². The zero-order valence-corrected chi connectivity index (χ0v) is 14.8. The summed E-state index contributed by atoms with van der Waals surface area (Å²) in [5.41, 5.74) is 9.93. The normalized spacial score (nSPS) is 10.9. The van der Waals surface area contributed by atoms with E-state index in [2.05, 4.69) is 22.4 Å². The van der Waals surface area contributed by atoms with Crippen molar-refractivity contribution in [3.63, 3.8) is 0 Å². The van der Waals surface area contributed by atoms with Crippen LogP contribution >= 0.6 is 11.3 Å². The molecule has 24 heavy (non-hydrogen) atoms. The molecule has 1 amide bonds. The van der Waals surface area contributed by atoms with E-state index in [0.29, 0.717) is 16.4 Å². The topological polar surface area (TPSA) is 90.8 Å². The van der Waals surface area contributed by atoms with Crippen molar-refractivity contribution in [3.8, 4) is 5.75 Å². The molecule has 2 rings (SSSR count). The Kier molecular flexibility index (Phi) is 6.74. The number of hydrogen-bond donors (Lipinski definition) is 2. The fraction of sp³-hybridized carbons (Fsp3) is 0.353. The van der Waals surface area contributed by atoms with E-state index < -0.39 is 0 Å². The van der Waals surface area contributed by atoms with Gasteiger partial charge in [-0.25, -0.2) is 10.4 Å². The molecule has 6 nitrogen and oxygen atoms in total. The molecule has 4 N–H and O–H groups in total. The van der Waals surface area contributed by atoms with Crippen LogP contribution in [-0.4, -0.2) is 18.7 Å². The Balaban J connectivity index is 1.90. The van der Waals surface area contributed by atoms with E-state index in [1.807, 2.05) is 31.2 Å². The van der Waals surface area contributed by atoms with Crippen LogP contribution in [-0.2, 0) is 6.42 Å². The van der Waals surface area contributed by atoms with Gasteiger partial charge in [-0.3, -0.25) is 10.5 Å². The molecule has 7 heteroatoms. The molecule has 1 aromatic carbocycles. The van der Waals surface area contributed by atoms with E-state index in [1.54, 1.807) is 6.21 Å². The number of benzene rings is 1. The zero-order chi connectivity index (χ0) is 17.4. The summed E-state index contributed by atoms with van der Waals surface area (Å²) in [6.07, 6.45) is 4.46. The molecule has 0 aliphatic rings. The molecular weight excluding hydrogens is 324 g/mol. The van der Waals surface area contributed by atoms with Crippen LogP contribution in [0.4, 0.5) is 5.13 Å². The highest BCUT2D eigenvalue weighted by molar-refractivity contribution is 7.16. The van der Waals surface area contributed by atoms with Gasteiger partial charge in [0.05, 0.1) is 12.8 Å². The lowest BCUT2D eigenvalue weighted by molar-refractivity contribution is -0.366. The summed E-state index contributed by atoms with van der Waals surface area (Å²) in [6.45, 7) is 4.81. The van der Waals surface area contributed by atoms with E-state index >= 15 is 0 Å². The monoisotopic (exact) mass is 347 g/mol. The van der Waals surface area contributed by atoms with E-state index in [1.165, 1.54) is 11.3 Å². The molecule has 2 aromatic rings. The molecule has 0 radical (unpaired) electrons. The third kappa shape index (κ3) is 5.06. The van der Waals surface area contributed by atoms with E-state index in [4.69, 9.17) is 10.5 Å². The van der Waals surface area contributed by atoms with Gasteiger partial charge in [-0.1, -0.05) is 20.3 Å². The second-order valence-corrected chi connectivity index (χ2v) is 6.27. The molecule has 0 fully saturated rings. The van der Waals surface area contributed by atoms with E-state index in [9.17, 15) is 4.79 Å². The Bertz CT molecular complexity index is 695.